The maximum absolute atomic E-state index is 10.6. The number of pyridine rings is 1. The number of nitro groups is 1. The molecule has 1 rings (SSSR count). The summed E-state index contributed by atoms with van der Waals surface area (Å²) < 4.78 is 5.07. The van der Waals surface area contributed by atoms with Gasteiger partial charge in [0, 0.05) is 6.07 Å². The van der Waals surface area contributed by atoms with Crippen LogP contribution in [0.25, 0.3) is 0 Å². The molecule has 0 radical (unpaired) electrons. The minimum atomic E-state index is -0.606. The second kappa shape index (κ2) is 4.28. The predicted octanol–water partition coefficient (Wildman–Crippen LogP) is 0.972. The number of terminal acetylenes is 1. The second-order valence-electron chi connectivity index (χ2n) is 2.74. The van der Waals surface area contributed by atoms with E-state index in [2.05, 4.69) is 10.9 Å². The van der Waals surface area contributed by atoms with E-state index in [-0.39, 0.29) is 17.4 Å². The van der Waals surface area contributed by atoms with Crippen molar-refractivity contribution in [3.63, 3.8) is 0 Å². The highest BCUT2D eigenvalue weighted by molar-refractivity contribution is 5.47. The van der Waals surface area contributed by atoms with Crippen molar-refractivity contribution >= 4 is 11.5 Å². The minimum absolute atomic E-state index is 0.139. The number of hydrogen-bond donors (Lipinski definition) is 1. The van der Waals surface area contributed by atoms with Crippen LogP contribution in [-0.2, 0) is 0 Å². The molecule has 15 heavy (non-hydrogen) atoms. The molecule has 0 bridgehead atoms. The van der Waals surface area contributed by atoms with Gasteiger partial charge in [-0.1, -0.05) is 5.92 Å². The standard InChI is InChI=1S/C9H9N3O3/c1-3-6(2)15-9-7(12(13)14)4-5-8(10)11-9/h1,4-6H,2H3,(H2,10,11). The van der Waals surface area contributed by atoms with E-state index in [1.165, 1.54) is 12.1 Å². The Morgan fingerprint density at radius 3 is 2.93 bits per heavy atom. The molecule has 0 spiro atoms. The van der Waals surface area contributed by atoms with Crippen molar-refractivity contribution in [2.24, 2.45) is 0 Å². The maximum Gasteiger partial charge on any atom is 0.331 e. The fourth-order valence-corrected chi connectivity index (χ4v) is 0.875. The van der Waals surface area contributed by atoms with Crippen LogP contribution < -0.4 is 10.5 Å². The number of ether oxygens (including phenoxy) is 1. The van der Waals surface area contributed by atoms with Crippen molar-refractivity contribution in [3.05, 3.63) is 22.2 Å². The van der Waals surface area contributed by atoms with Crippen molar-refractivity contribution < 1.29 is 9.66 Å². The van der Waals surface area contributed by atoms with Crippen LogP contribution >= 0.6 is 0 Å². The maximum atomic E-state index is 10.6. The lowest BCUT2D eigenvalue weighted by Crippen LogP contribution is -2.11. The van der Waals surface area contributed by atoms with E-state index >= 15 is 0 Å². The first-order valence-corrected chi connectivity index (χ1v) is 4.08. The molecule has 1 unspecified atom stereocenters. The first-order chi connectivity index (χ1) is 7.04. The molecule has 1 atom stereocenters. The molecule has 1 aromatic heterocycles. The van der Waals surface area contributed by atoms with Crippen LogP contribution in [-0.4, -0.2) is 16.0 Å². The van der Waals surface area contributed by atoms with Crippen LogP contribution in [0.15, 0.2) is 12.1 Å². The Kier molecular flexibility index (Phi) is 3.08. The molecule has 0 saturated carbocycles. The third-order valence-electron chi connectivity index (χ3n) is 1.58. The van der Waals surface area contributed by atoms with E-state index in [1.807, 2.05) is 0 Å². The Morgan fingerprint density at radius 2 is 2.40 bits per heavy atom. The van der Waals surface area contributed by atoms with Gasteiger partial charge in [-0.2, -0.15) is 4.98 Å². The van der Waals surface area contributed by atoms with Gasteiger partial charge in [-0.05, 0) is 13.0 Å². The summed E-state index contributed by atoms with van der Waals surface area (Å²) in [6, 6.07) is 2.55. The van der Waals surface area contributed by atoms with Gasteiger partial charge < -0.3 is 10.5 Å². The van der Waals surface area contributed by atoms with Crippen LogP contribution in [0.2, 0.25) is 0 Å². The Hall–Kier alpha value is -2.29. The van der Waals surface area contributed by atoms with E-state index in [4.69, 9.17) is 16.9 Å². The van der Waals surface area contributed by atoms with Crippen molar-refractivity contribution in [2.45, 2.75) is 13.0 Å². The van der Waals surface area contributed by atoms with Gasteiger partial charge in [0.25, 0.3) is 5.88 Å². The number of nitrogens with zero attached hydrogens (tertiary/aromatic N) is 2. The molecule has 0 aliphatic carbocycles. The molecule has 6 heteroatoms. The van der Waals surface area contributed by atoms with E-state index in [9.17, 15) is 10.1 Å². The summed E-state index contributed by atoms with van der Waals surface area (Å²) in [4.78, 5) is 13.7. The van der Waals surface area contributed by atoms with E-state index in [0.717, 1.165) is 0 Å². The Labute approximate surface area is 86.2 Å². The van der Waals surface area contributed by atoms with Gasteiger partial charge >= 0.3 is 5.69 Å². The average molecular weight is 207 g/mol. The molecule has 0 aliphatic rings. The first kappa shape index (κ1) is 10.8. The monoisotopic (exact) mass is 207 g/mol. The molecular weight excluding hydrogens is 198 g/mol. The molecule has 0 saturated heterocycles. The Balaban J connectivity index is 3.08. The van der Waals surface area contributed by atoms with Crippen molar-refractivity contribution in [2.75, 3.05) is 5.73 Å². The fourth-order valence-electron chi connectivity index (χ4n) is 0.875. The van der Waals surface area contributed by atoms with Crippen LogP contribution in [0, 0.1) is 22.5 Å². The van der Waals surface area contributed by atoms with Gasteiger partial charge in [-0.25, -0.2) is 0 Å². The zero-order chi connectivity index (χ0) is 11.4. The second-order valence-corrected chi connectivity index (χ2v) is 2.74. The fraction of sp³-hybridized carbons (Fsp3) is 0.222. The lowest BCUT2D eigenvalue weighted by molar-refractivity contribution is -0.386. The van der Waals surface area contributed by atoms with Gasteiger partial charge in [-0.3, -0.25) is 10.1 Å². The Morgan fingerprint density at radius 1 is 1.73 bits per heavy atom. The number of hydrogen-bond acceptors (Lipinski definition) is 5. The normalized spacial score (nSPS) is 11.5. The SMILES string of the molecule is C#CC(C)Oc1nc(N)ccc1[N+](=O)[O-]. The van der Waals surface area contributed by atoms with Gasteiger partial charge in [0.1, 0.15) is 5.82 Å². The highest BCUT2D eigenvalue weighted by Crippen LogP contribution is 2.25. The number of nitrogen functional groups attached to an aromatic ring is 1. The number of anilines is 1. The molecule has 0 aromatic carbocycles. The number of rotatable bonds is 3. The lowest BCUT2D eigenvalue weighted by Gasteiger charge is -2.08. The third kappa shape index (κ3) is 2.57. The van der Waals surface area contributed by atoms with Gasteiger partial charge in [0.2, 0.25) is 0 Å². The van der Waals surface area contributed by atoms with Crippen molar-refractivity contribution in [1.82, 2.24) is 4.98 Å². The molecule has 0 amide bonds. The van der Waals surface area contributed by atoms with Crippen LogP contribution in [0.5, 0.6) is 5.88 Å². The quantitative estimate of drug-likeness (QED) is 0.453. The zero-order valence-corrected chi connectivity index (χ0v) is 8.01. The molecule has 1 aromatic rings. The van der Waals surface area contributed by atoms with Gasteiger partial charge in [-0.15, -0.1) is 6.42 Å². The molecule has 6 nitrogen and oxygen atoms in total. The molecule has 78 valence electrons. The average Bonchev–Trinajstić information content (AvgIpc) is 2.17. The summed E-state index contributed by atoms with van der Waals surface area (Å²) in [5.74, 6) is 2.25. The first-order valence-electron chi connectivity index (χ1n) is 4.08. The highest BCUT2D eigenvalue weighted by atomic mass is 16.6. The van der Waals surface area contributed by atoms with Crippen LogP contribution in [0.4, 0.5) is 11.5 Å². The number of nitrogens with two attached hydrogens (primary N) is 1. The number of aromatic nitrogens is 1. The Bertz CT molecular complexity index is 425. The summed E-state index contributed by atoms with van der Waals surface area (Å²) in [5, 5.41) is 10.6. The minimum Gasteiger partial charge on any atom is -0.457 e. The van der Waals surface area contributed by atoms with Crippen molar-refractivity contribution in [1.29, 1.82) is 0 Å². The molecule has 0 fully saturated rings. The molecular formula is C9H9N3O3. The molecule has 0 aliphatic heterocycles. The third-order valence-corrected chi connectivity index (χ3v) is 1.58. The van der Waals surface area contributed by atoms with Crippen LogP contribution in [0.1, 0.15) is 6.92 Å². The molecule has 1 heterocycles. The van der Waals surface area contributed by atoms with Crippen molar-refractivity contribution in [3.8, 4) is 18.2 Å². The lowest BCUT2D eigenvalue weighted by atomic mass is 10.4. The summed E-state index contributed by atoms with van der Waals surface area (Å²) in [5.41, 5.74) is 5.12. The highest BCUT2D eigenvalue weighted by Gasteiger charge is 2.18. The smallest absolute Gasteiger partial charge is 0.331 e. The largest absolute Gasteiger partial charge is 0.457 e. The summed E-state index contributed by atoms with van der Waals surface area (Å²) in [6.45, 7) is 1.58. The molecule has 2 N–H and O–H groups in total. The summed E-state index contributed by atoms with van der Waals surface area (Å²) in [6.07, 6.45) is 4.48. The van der Waals surface area contributed by atoms with Gasteiger partial charge in [0.15, 0.2) is 6.10 Å². The van der Waals surface area contributed by atoms with Gasteiger partial charge in [0.05, 0.1) is 4.92 Å². The summed E-state index contributed by atoms with van der Waals surface area (Å²) in [7, 11) is 0. The zero-order valence-electron chi connectivity index (χ0n) is 8.01. The topological polar surface area (TPSA) is 91.3 Å². The van der Waals surface area contributed by atoms with Crippen LogP contribution in [0.3, 0.4) is 0 Å². The predicted molar refractivity (Wildman–Crippen MR) is 54.2 cm³/mol. The van der Waals surface area contributed by atoms with E-state index < -0.39 is 11.0 Å². The van der Waals surface area contributed by atoms with E-state index in [0.29, 0.717) is 0 Å². The van der Waals surface area contributed by atoms with E-state index in [1.54, 1.807) is 6.92 Å². The summed E-state index contributed by atoms with van der Waals surface area (Å²) >= 11 is 0.